The van der Waals surface area contributed by atoms with E-state index in [-0.39, 0.29) is 23.9 Å². The highest BCUT2D eigenvalue weighted by molar-refractivity contribution is 9.10. The van der Waals surface area contributed by atoms with Gasteiger partial charge in [-0.2, -0.15) is 0 Å². The third-order valence-electron chi connectivity index (χ3n) is 4.08. The van der Waals surface area contributed by atoms with Crippen molar-refractivity contribution in [2.24, 2.45) is 5.73 Å². The zero-order valence-electron chi connectivity index (χ0n) is 12.5. The highest BCUT2D eigenvalue weighted by atomic mass is 79.9. The van der Waals surface area contributed by atoms with Crippen molar-refractivity contribution in [3.8, 4) is 0 Å². The number of thiazole rings is 1. The first-order valence-electron chi connectivity index (χ1n) is 7.36. The van der Waals surface area contributed by atoms with E-state index in [1.165, 1.54) is 11.3 Å². The van der Waals surface area contributed by atoms with Gasteiger partial charge in [0.15, 0.2) is 0 Å². The number of rotatable bonds is 5. The van der Waals surface area contributed by atoms with Crippen LogP contribution in [-0.2, 0) is 12.0 Å². The van der Waals surface area contributed by atoms with Crippen molar-refractivity contribution < 1.29 is 4.79 Å². The average Bonchev–Trinajstić information content (AvgIpc) is 2.92. The summed E-state index contributed by atoms with van der Waals surface area (Å²) in [5.41, 5.74) is 6.93. The second kappa shape index (κ2) is 7.75. The molecule has 23 heavy (non-hydrogen) atoms. The van der Waals surface area contributed by atoms with E-state index in [1.54, 1.807) is 0 Å². The zero-order valence-corrected chi connectivity index (χ0v) is 15.8. The number of halogens is 2. The molecule has 0 bridgehead atoms. The maximum atomic E-state index is 12.5. The molecule has 4 nitrogen and oxygen atoms in total. The first kappa shape index (κ1) is 18.4. The van der Waals surface area contributed by atoms with Gasteiger partial charge in [-0.15, -0.1) is 23.7 Å². The minimum Gasteiger partial charge on any atom is -0.341 e. The predicted molar refractivity (Wildman–Crippen MR) is 99.3 cm³/mol. The van der Waals surface area contributed by atoms with Crippen molar-refractivity contribution in [3.63, 3.8) is 0 Å². The third-order valence-corrected chi connectivity index (χ3v) is 5.48. The molecule has 124 valence electrons. The van der Waals surface area contributed by atoms with Crippen molar-refractivity contribution in [3.05, 3.63) is 50.4 Å². The Morgan fingerprint density at radius 2 is 2.22 bits per heavy atom. The monoisotopic (exact) mass is 415 g/mol. The van der Waals surface area contributed by atoms with Gasteiger partial charge in [0.25, 0.3) is 5.91 Å². The van der Waals surface area contributed by atoms with Gasteiger partial charge in [0.2, 0.25) is 0 Å². The third kappa shape index (κ3) is 3.94. The van der Waals surface area contributed by atoms with E-state index in [2.05, 4.69) is 38.4 Å². The minimum absolute atomic E-state index is 0. The first-order chi connectivity index (χ1) is 10.6. The Morgan fingerprint density at radius 1 is 1.43 bits per heavy atom. The summed E-state index contributed by atoms with van der Waals surface area (Å²) in [6, 6.07) is 8.16. The summed E-state index contributed by atoms with van der Waals surface area (Å²) in [5, 5.41) is 5.93. The average molecular weight is 417 g/mol. The maximum Gasteiger partial charge on any atom is 0.271 e. The fourth-order valence-corrected chi connectivity index (χ4v) is 3.93. The molecule has 0 saturated heterocycles. The molecule has 1 amide bonds. The summed E-state index contributed by atoms with van der Waals surface area (Å²) >= 11 is 5.00. The fraction of sp³-hybridized carbons (Fsp3) is 0.375. The number of nitrogens with one attached hydrogen (secondary N) is 1. The summed E-state index contributed by atoms with van der Waals surface area (Å²) < 4.78 is 1.03. The largest absolute Gasteiger partial charge is 0.341 e. The van der Waals surface area contributed by atoms with E-state index in [1.807, 2.05) is 17.5 Å². The molecule has 1 heterocycles. The lowest BCUT2D eigenvalue weighted by Gasteiger charge is -2.43. The lowest BCUT2D eigenvalue weighted by Crippen LogP contribution is -2.50. The van der Waals surface area contributed by atoms with Gasteiger partial charge in [0, 0.05) is 16.3 Å². The summed E-state index contributed by atoms with van der Waals surface area (Å²) in [7, 11) is 0. The Balaban J connectivity index is 0.00000192. The van der Waals surface area contributed by atoms with Crippen LogP contribution in [0.15, 0.2) is 34.1 Å². The zero-order chi connectivity index (χ0) is 15.6. The van der Waals surface area contributed by atoms with Gasteiger partial charge < -0.3 is 11.1 Å². The summed E-state index contributed by atoms with van der Waals surface area (Å²) in [4.78, 5) is 16.9. The number of hydrogen-bond donors (Lipinski definition) is 2. The molecular formula is C16H19BrClN3OS. The number of nitrogens with two attached hydrogens (primary N) is 1. The molecule has 3 rings (SSSR count). The van der Waals surface area contributed by atoms with Crippen LogP contribution in [0.1, 0.15) is 40.3 Å². The molecule has 7 heteroatoms. The minimum atomic E-state index is -0.251. The van der Waals surface area contributed by atoms with Crippen molar-refractivity contribution in [1.82, 2.24) is 10.3 Å². The number of hydrogen-bond acceptors (Lipinski definition) is 4. The normalized spacial score (nSPS) is 15.4. The topological polar surface area (TPSA) is 68.0 Å². The Hall–Kier alpha value is -0.950. The van der Waals surface area contributed by atoms with E-state index in [0.29, 0.717) is 18.7 Å². The summed E-state index contributed by atoms with van der Waals surface area (Å²) in [5.74, 6) is -0.0980. The molecule has 1 aliphatic rings. The smallest absolute Gasteiger partial charge is 0.271 e. The molecule has 1 fully saturated rings. The van der Waals surface area contributed by atoms with E-state index < -0.39 is 0 Å². The van der Waals surface area contributed by atoms with Crippen LogP contribution in [0.2, 0.25) is 0 Å². The molecule has 1 aromatic carbocycles. The Morgan fingerprint density at radius 3 is 2.83 bits per heavy atom. The van der Waals surface area contributed by atoms with Crippen LogP contribution in [0.5, 0.6) is 0 Å². The number of aromatic nitrogens is 1. The number of nitrogens with zero attached hydrogens (tertiary/aromatic N) is 1. The van der Waals surface area contributed by atoms with Gasteiger partial charge in [0.1, 0.15) is 5.69 Å². The van der Waals surface area contributed by atoms with E-state index >= 15 is 0 Å². The fourth-order valence-electron chi connectivity index (χ4n) is 2.74. The van der Waals surface area contributed by atoms with E-state index in [0.717, 1.165) is 34.3 Å². The van der Waals surface area contributed by atoms with Crippen LogP contribution in [0.25, 0.3) is 0 Å². The quantitative estimate of drug-likeness (QED) is 0.782. The van der Waals surface area contributed by atoms with Gasteiger partial charge in [-0.05, 0) is 43.5 Å². The van der Waals surface area contributed by atoms with Gasteiger partial charge in [0.05, 0.1) is 10.5 Å². The lowest BCUT2D eigenvalue weighted by molar-refractivity contribution is 0.0818. The number of carbonyl (C=O) groups is 1. The van der Waals surface area contributed by atoms with Gasteiger partial charge in [-0.1, -0.05) is 28.1 Å². The van der Waals surface area contributed by atoms with Crippen LogP contribution in [0, 0.1) is 0 Å². The maximum absolute atomic E-state index is 12.5. The second-order valence-electron chi connectivity index (χ2n) is 5.57. The summed E-state index contributed by atoms with van der Waals surface area (Å²) in [6.07, 6.45) is 3.78. The molecule has 3 N–H and O–H groups in total. The highest BCUT2D eigenvalue weighted by Gasteiger charge is 2.40. The molecule has 2 aromatic rings. The Bertz CT molecular complexity index is 687. The highest BCUT2D eigenvalue weighted by Crippen LogP contribution is 2.42. The van der Waals surface area contributed by atoms with Crippen molar-refractivity contribution >= 4 is 45.6 Å². The van der Waals surface area contributed by atoms with Crippen LogP contribution in [-0.4, -0.2) is 17.4 Å². The molecule has 1 aliphatic carbocycles. The number of amides is 1. The van der Waals surface area contributed by atoms with Crippen molar-refractivity contribution in [2.75, 3.05) is 6.54 Å². The Labute approximate surface area is 154 Å². The van der Waals surface area contributed by atoms with Crippen molar-refractivity contribution in [2.45, 2.75) is 31.2 Å². The molecular weight excluding hydrogens is 398 g/mol. The predicted octanol–water partition coefficient (Wildman–Crippen LogP) is 3.64. The molecule has 0 aliphatic heterocycles. The number of benzene rings is 1. The standard InChI is InChI=1S/C16H18BrN3OS.ClH/c17-12-4-1-3-11(9-12)16(6-2-7-16)20-15(21)13-10-22-14(19-13)5-8-18;/h1,3-4,9-10H,2,5-8,18H2,(H,20,21);1H. The van der Waals surface area contributed by atoms with Gasteiger partial charge >= 0.3 is 0 Å². The molecule has 0 unspecified atom stereocenters. The van der Waals surface area contributed by atoms with E-state index in [4.69, 9.17) is 5.73 Å². The SMILES string of the molecule is Cl.NCCc1nc(C(=O)NC2(c3cccc(Br)c3)CCC2)cs1. The van der Waals surface area contributed by atoms with Gasteiger partial charge in [-0.25, -0.2) is 4.98 Å². The van der Waals surface area contributed by atoms with Crippen LogP contribution in [0.3, 0.4) is 0 Å². The molecule has 1 saturated carbocycles. The van der Waals surface area contributed by atoms with E-state index in [9.17, 15) is 4.79 Å². The molecule has 0 atom stereocenters. The van der Waals surface area contributed by atoms with Gasteiger partial charge in [-0.3, -0.25) is 4.79 Å². The molecule has 1 aromatic heterocycles. The second-order valence-corrected chi connectivity index (χ2v) is 7.42. The van der Waals surface area contributed by atoms with Crippen LogP contribution in [0.4, 0.5) is 0 Å². The Kier molecular flexibility index (Phi) is 6.19. The lowest BCUT2D eigenvalue weighted by atomic mass is 9.71. The van der Waals surface area contributed by atoms with Crippen LogP contribution >= 0.6 is 39.7 Å². The summed E-state index contributed by atoms with van der Waals surface area (Å²) in [6.45, 7) is 0.552. The molecule has 0 spiro atoms. The van der Waals surface area contributed by atoms with Crippen LogP contribution < -0.4 is 11.1 Å². The molecule has 0 radical (unpaired) electrons. The van der Waals surface area contributed by atoms with Crippen molar-refractivity contribution in [1.29, 1.82) is 0 Å². The number of carbonyl (C=O) groups excluding carboxylic acids is 1. The first-order valence-corrected chi connectivity index (χ1v) is 9.03.